The van der Waals surface area contributed by atoms with Crippen molar-refractivity contribution in [1.82, 2.24) is 9.55 Å². The van der Waals surface area contributed by atoms with E-state index in [2.05, 4.69) is 10.3 Å². The van der Waals surface area contributed by atoms with Gasteiger partial charge in [0.1, 0.15) is 4.83 Å². The molecule has 0 fully saturated rings. The minimum Gasteiger partial charge on any atom is -0.321 e. The quantitative estimate of drug-likeness (QED) is 0.791. The highest BCUT2D eigenvalue weighted by atomic mass is 32.1. The van der Waals surface area contributed by atoms with Crippen LogP contribution in [0.1, 0.15) is 20.8 Å². The molecular formula is C16H15N3O2S. The maximum Gasteiger partial charge on any atom is 0.266 e. The second-order valence-corrected chi connectivity index (χ2v) is 6.22. The molecular weight excluding hydrogens is 298 g/mol. The van der Waals surface area contributed by atoms with E-state index in [4.69, 9.17) is 0 Å². The average Bonchev–Trinajstić information content (AvgIpc) is 2.81. The van der Waals surface area contributed by atoms with Gasteiger partial charge in [-0.1, -0.05) is 12.1 Å². The molecule has 6 heteroatoms. The van der Waals surface area contributed by atoms with E-state index in [-0.39, 0.29) is 11.5 Å². The van der Waals surface area contributed by atoms with Crippen molar-refractivity contribution in [1.29, 1.82) is 0 Å². The van der Waals surface area contributed by atoms with Crippen molar-refractivity contribution in [2.45, 2.75) is 13.8 Å². The van der Waals surface area contributed by atoms with E-state index in [1.165, 1.54) is 22.2 Å². The van der Waals surface area contributed by atoms with Crippen molar-refractivity contribution in [3.8, 4) is 0 Å². The number of anilines is 1. The number of hydrogen-bond donors (Lipinski definition) is 1. The van der Waals surface area contributed by atoms with Gasteiger partial charge in [-0.2, -0.15) is 0 Å². The van der Waals surface area contributed by atoms with Gasteiger partial charge in [0, 0.05) is 12.7 Å². The Hall–Kier alpha value is -2.47. The molecule has 0 atom stereocenters. The maximum atomic E-state index is 12.5. The number of nitrogens with one attached hydrogen (secondary N) is 1. The van der Waals surface area contributed by atoms with Crippen molar-refractivity contribution in [3.05, 3.63) is 57.0 Å². The lowest BCUT2D eigenvalue weighted by molar-refractivity contribution is 0.103. The van der Waals surface area contributed by atoms with E-state index >= 15 is 0 Å². The van der Waals surface area contributed by atoms with Crippen molar-refractivity contribution in [2.24, 2.45) is 7.05 Å². The summed E-state index contributed by atoms with van der Waals surface area (Å²) >= 11 is 1.24. The topological polar surface area (TPSA) is 64.0 Å². The first-order chi connectivity index (χ1) is 10.5. The highest BCUT2D eigenvalue weighted by Gasteiger charge is 2.19. The number of amides is 1. The fourth-order valence-electron chi connectivity index (χ4n) is 2.34. The van der Waals surface area contributed by atoms with Gasteiger partial charge in [0.05, 0.1) is 16.6 Å². The molecule has 0 bridgehead atoms. The lowest BCUT2D eigenvalue weighted by Crippen LogP contribution is -2.17. The molecule has 0 aliphatic heterocycles. The van der Waals surface area contributed by atoms with Crippen LogP contribution in [0.2, 0.25) is 0 Å². The molecule has 0 aliphatic rings. The molecule has 0 aliphatic carbocycles. The van der Waals surface area contributed by atoms with Gasteiger partial charge in [-0.25, -0.2) is 4.98 Å². The smallest absolute Gasteiger partial charge is 0.266 e. The van der Waals surface area contributed by atoms with Crippen LogP contribution in [-0.4, -0.2) is 15.5 Å². The van der Waals surface area contributed by atoms with E-state index in [1.54, 1.807) is 14.0 Å². The molecule has 22 heavy (non-hydrogen) atoms. The number of rotatable bonds is 2. The number of benzene rings is 1. The predicted molar refractivity (Wildman–Crippen MR) is 88.7 cm³/mol. The second kappa shape index (κ2) is 5.38. The third-order valence-corrected chi connectivity index (χ3v) is 4.69. The first kappa shape index (κ1) is 14.5. The molecule has 0 radical (unpaired) electrons. The first-order valence-corrected chi connectivity index (χ1v) is 7.62. The van der Waals surface area contributed by atoms with E-state index in [0.717, 1.165) is 11.3 Å². The summed E-state index contributed by atoms with van der Waals surface area (Å²) in [5.74, 6) is -0.215. The van der Waals surface area contributed by atoms with E-state index < -0.39 is 0 Å². The van der Waals surface area contributed by atoms with Crippen molar-refractivity contribution < 1.29 is 4.79 Å². The molecule has 0 saturated heterocycles. The van der Waals surface area contributed by atoms with Crippen LogP contribution in [0.5, 0.6) is 0 Å². The average molecular weight is 313 g/mol. The van der Waals surface area contributed by atoms with Crippen LogP contribution in [0.25, 0.3) is 10.2 Å². The number of carbonyl (C=O) groups is 1. The maximum absolute atomic E-state index is 12.5. The lowest BCUT2D eigenvalue weighted by Gasteiger charge is -2.05. The van der Waals surface area contributed by atoms with Crippen LogP contribution in [0, 0.1) is 13.8 Å². The Kier molecular flexibility index (Phi) is 3.54. The minimum absolute atomic E-state index is 0.131. The van der Waals surface area contributed by atoms with Gasteiger partial charge in [-0.15, -0.1) is 11.3 Å². The number of nitrogens with zero attached hydrogens (tertiary/aromatic N) is 2. The molecule has 2 heterocycles. The normalized spacial score (nSPS) is 10.9. The largest absolute Gasteiger partial charge is 0.321 e. The summed E-state index contributed by atoms with van der Waals surface area (Å²) in [5.41, 5.74) is 2.36. The fraction of sp³-hybridized carbons (Fsp3) is 0.188. The number of fused-ring (bicyclic) bond motifs is 1. The number of carbonyl (C=O) groups excluding carboxylic acids is 1. The molecule has 0 saturated carbocycles. The predicted octanol–water partition coefficient (Wildman–Crippen LogP) is 2.86. The SMILES string of the molecule is Cc1cccc(NC(=O)c2sc3ncn(C)c(=O)c3c2C)c1. The van der Waals surface area contributed by atoms with Crippen LogP contribution in [-0.2, 0) is 7.05 Å². The zero-order valence-electron chi connectivity index (χ0n) is 12.5. The minimum atomic E-state index is -0.215. The Morgan fingerprint density at radius 1 is 1.32 bits per heavy atom. The third-order valence-electron chi connectivity index (χ3n) is 3.49. The fourth-order valence-corrected chi connectivity index (χ4v) is 3.37. The van der Waals surface area contributed by atoms with Gasteiger partial charge in [0.2, 0.25) is 0 Å². The molecule has 2 aromatic heterocycles. The van der Waals surface area contributed by atoms with Gasteiger partial charge >= 0.3 is 0 Å². The van der Waals surface area contributed by atoms with Crippen molar-refractivity contribution in [2.75, 3.05) is 5.32 Å². The zero-order chi connectivity index (χ0) is 15.9. The van der Waals surface area contributed by atoms with Crippen molar-refractivity contribution >= 4 is 33.1 Å². The summed E-state index contributed by atoms with van der Waals surface area (Å²) in [7, 11) is 1.65. The molecule has 112 valence electrons. The van der Waals surface area contributed by atoms with E-state index in [0.29, 0.717) is 20.7 Å². The number of hydrogen-bond acceptors (Lipinski definition) is 4. The summed E-state index contributed by atoms with van der Waals surface area (Å²) < 4.78 is 1.42. The van der Waals surface area contributed by atoms with Gasteiger partial charge < -0.3 is 9.88 Å². The Morgan fingerprint density at radius 2 is 2.09 bits per heavy atom. The monoisotopic (exact) mass is 313 g/mol. The van der Waals surface area contributed by atoms with Gasteiger partial charge in [0.15, 0.2) is 0 Å². The Labute approximate surface area is 131 Å². The van der Waals surface area contributed by atoms with Gasteiger partial charge in [-0.3, -0.25) is 9.59 Å². The van der Waals surface area contributed by atoms with Crippen LogP contribution < -0.4 is 10.9 Å². The van der Waals surface area contributed by atoms with Crippen LogP contribution in [0.15, 0.2) is 35.4 Å². The molecule has 3 rings (SSSR count). The van der Waals surface area contributed by atoms with E-state index in [1.807, 2.05) is 31.2 Å². The summed E-state index contributed by atoms with van der Waals surface area (Å²) in [6.07, 6.45) is 1.48. The Morgan fingerprint density at radius 3 is 2.82 bits per heavy atom. The highest BCUT2D eigenvalue weighted by Crippen LogP contribution is 2.27. The van der Waals surface area contributed by atoms with Gasteiger partial charge in [-0.05, 0) is 37.1 Å². The zero-order valence-corrected chi connectivity index (χ0v) is 13.3. The Balaban J connectivity index is 2.03. The highest BCUT2D eigenvalue weighted by molar-refractivity contribution is 7.20. The summed E-state index contributed by atoms with van der Waals surface area (Å²) in [5, 5.41) is 3.39. The van der Waals surface area contributed by atoms with Crippen molar-refractivity contribution in [3.63, 3.8) is 0 Å². The van der Waals surface area contributed by atoms with Crippen LogP contribution >= 0.6 is 11.3 Å². The molecule has 1 amide bonds. The summed E-state index contributed by atoms with van der Waals surface area (Å²) in [6, 6.07) is 7.59. The molecule has 0 spiro atoms. The van der Waals surface area contributed by atoms with Gasteiger partial charge in [0.25, 0.3) is 11.5 Å². The number of thiophene rings is 1. The number of aryl methyl sites for hydroxylation is 3. The molecule has 1 aromatic carbocycles. The second-order valence-electron chi connectivity index (χ2n) is 5.22. The molecule has 0 unspecified atom stereocenters. The van der Waals surface area contributed by atoms with Crippen LogP contribution in [0.3, 0.4) is 0 Å². The summed E-state index contributed by atoms with van der Waals surface area (Å²) in [4.78, 5) is 30.0. The van der Waals surface area contributed by atoms with E-state index in [9.17, 15) is 9.59 Å². The summed E-state index contributed by atoms with van der Waals surface area (Å²) in [6.45, 7) is 3.75. The first-order valence-electron chi connectivity index (χ1n) is 6.80. The standard InChI is InChI=1S/C16H15N3O2S/c1-9-5-4-6-11(7-9)18-14(20)13-10(2)12-15(22-13)17-8-19(3)16(12)21/h4-8H,1-3H3,(H,18,20). The molecule has 5 nitrogen and oxygen atoms in total. The lowest BCUT2D eigenvalue weighted by atomic mass is 10.2. The van der Waals surface area contributed by atoms with Crippen LogP contribution in [0.4, 0.5) is 5.69 Å². The number of aromatic nitrogens is 2. The molecule has 1 N–H and O–H groups in total. The Bertz CT molecular complexity index is 940. The molecule has 3 aromatic rings. The third kappa shape index (κ3) is 2.42.